The van der Waals surface area contributed by atoms with E-state index < -0.39 is 17.2 Å². The van der Waals surface area contributed by atoms with E-state index in [1.54, 1.807) is 18.2 Å². The maximum absolute atomic E-state index is 13.1. The van der Waals surface area contributed by atoms with Gasteiger partial charge in [0.1, 0.15) is 11.6 Å². The number of carbonyl (C=O) groups excluding carboxylic acids is 1. The molecule has 2 aromatic rings. The van der Waals surface area contributed by atoms with Gasteiger partial charge in [0.05, 0.1) is 0 Å². The molecule has 162 valence electrons. The highest BCUT2D eigenvalue weighted by Crippen LogP contribution is 2.19. The predicted octanol–water partition coefficient (Wildman–Crippen LogP) is 3.15. The van der Waals surface area contributed by atoms with Gasteiger partial charge in [-0.25, -0.2) is 9.18 Å². The van der Waals surface area contributed by atoms with Crippen LogP contribution in [0.3, 0.4) is 0 Å². The molecule has 0 atom stereocenters. The van der Waals surface area contributed by atoms with Gasteiger partial charge in [-0.1, -0.05) is 39.3 Å². The molecule has 0 aliphatic rings. The van der Waals surface area contributed by atoms with Crippen molar-refractivity contribution in [1.82, 2.24) is 9.55 Å². The van der Waals surface area contributed by atoms with E-state index in [4.69, 9.17) is 5.73 Å². The first-order chi connectivity index (χ1) is 14.2. The summed E-state index contributed by atoms with van der Waals surface area (Å²) in [5.74, 6) is -0.555. The van der Waals surface area contributed by atoms with Crippen molar-refractivity contribution in [2.45, 2.75) is 46.6 Å². The molecule has 1 aromatic heterocycles. The second-order valence-corrected chi connectivity index (χ2v) is 7.56. The summed E-state index contributed by atoms with van der Waals surface area (Å²) in [6.07, 6.45) is 5.05. The maximum atomic E-state index is 13.1. The summed E-state index contributed by atoms with van der Waals surface area (Å²) >= 11 is 0. The van der Waals surface area contributed by atoms with Gasteiger partial charge >= 0.3 is 5.69 Å². The molecule has 1 amide bonds. The monoisotopic (exact) mass is 416 g/mol. The van der Waals surface area contributed by atoms with Crippen molar-refractivity contribution in [3.05, 3.63) is 62.6 Å². The number of benzene rings is 1. The zero-order valence-corrected chi connectivity index (χ0v) is 17.7. The largest absolute Gasteiger partial charge is 0.383 e. The number of hydrogen-bond acceptors (Lipinski definition) is 4. The van der Waals surface area contributed by atoms with Crippen LogP contribution in [0.4, 0.5) is 15.9 Å². The number of nitrogens with zero attached hydrogens (tertiary/aromatic N) is 2. The number of halogens is 1. The van der Waals surface area contributed by atoms with E-state index in [0.29, 0.717) is 24.9 Å². The van der Waals surface area contributed by atoms with Crippen LogP contribution in [-0.2, 0) is 11.3 Å². The molecule has 30 heavy (non-hydrogen) atoms. The number of aromatic amines is 1. The molecule has 7 nitrogen and oxygen atoms in total. The van der Waals surface area contributed by atoms with Crippen molar-refractivity contribution >= 4 is 23.5 Å². The SMILES string of the molecule is CCCCn1c(N)c(N(CCC(C)C)C(=O)/C=C\c2ccc(F)cc2)c(=O)[nH]c1=O. The zero-order valence-electron chi connectivity index (χ0n) is 17.7. The number of unbranched alkanes of at least 4 members (excludes halogenated alkanes) is 1. The lowest BCUT2D eigenvalue weighted by atomic mass is 10.1. The number of rotatable bonds is 9. The lowest BCUT2D eigenvalue weighted by Gasteiger charge is -2.24. The fourth-order valence-corrected chi connectivity index (χ4v) is 2.93. The van der Waals surface area contributed by atoms with Crippen LogP contribution in [0.2, 0.25) is 0 Å². The Morgan fingerprint density at radius 1 is 1.27 bits per heavy atom. The molecule has 3 N–H and O–H groups in total. The van der Waals surface area contributed by atoms with E-state index in [1.165, 1.54) is 27.7 Å². The predicted molar refractivity (Wildman–Crippen MR) is 118 cm³/mol. The number of nitrogens with one attached hydrogen (secondary N) is 1. The third-order valence-corrected chi connectivity index (χ3v) is 4.70. The molecule has 0 radical (unpaired) electrons. The minimum absolute atomic E-state index is 0.0236. The van der Waals surface area contributed by atoms with Crippen LogP contribution in [-0.4, -0.2) is 22.0 Å². The molecule has 0 unspecified atom stereocenters. The maximum Gasteiger partial charge on any atom is 0.330 e. The number of nitrogens with two attached hydrogens (primary N) is 1. The van der Waals surface area contributed by atoms with E-state index in [0.717, 1.165) is 6.42 Å². The average molecular weight is 416 g/mol. The smallest absolute Gasteiger partial charge is 0.330 e. The van der Waals surface area contributed by atoms with Crippen LogP contribution >= 0.6 is 0 Å². The molecule has 0 saturated carbocycles. The van der Waals surface area contributed by atoms with E-state index in [-0.39, 0.29) is 29.8 Å². The van der Waals surface area contributed by atoms with Crippen LogP contribution in [0.25, 0.3) is 6.08 Å². The van der Waals surface area contributed by atoms with Gasteiger partial charge in [0.2, 0.25) is 0 Å². The number of hydrogen-bond donors (Lipinski definition) is 2. The highest BCUT2D eigenvalue weighted by atomic mass is 19.1. The minimum Gasteiger partial charge on any atom is -0.383 e. The molecule has 1 aromatic carbocycles. The molecule has 8 heteroatoms. The normalized spacial score (nSPS) is 11.4. The first-order valence-electron chi connectivity index (χ1n) is 10.1. The molecule has 0 spiro atoms. The summed E-state index contributed by atoms with van der Waals surface area (Å²) in [5, 5.41) is 0. The van der Waals surface area contributed by atoms with Crippen LogP contribution in [0, 0.1) is 11.7 Å². The molecule has 0 fully saturated rings. The van der Waals surface area contributed by atoms with Crippen LogP contribution in [0.1, 0.15) is 45.6 Å². The third kappa shape index (κ3) is 5.92. The average Bonchev–Trinajstić information content (AvgIpc) is 2.69. The molecule has 1 heterocycles. The van der Waals surface area contributed by atoms with E-state index in [9.17, 15) is 18.8 Å². The Morgan fingerprint density at radius 2 is 1.93 bits per heavy atom. The number of H-pyrrole nitrogens is 1. The van der Waals surface area contributed by atoms with E-state index in [2.05, 4.69) is 4.98 Å². The topological polar surface area (TPSA) is 101 Å². The van der Waals surface area contributed by atoms with Crippen LogP contribution in [0.15, 0.2) is 39.9 Å². The standard InChI is InChI=1S/C22H29FN4O3/c1-4-5-13-27-20(24)19(21(29)25-22(27)30)26(14-12-15(2)3)18(28)11-8-16-6-9-17(23)10-7-16/h6-11,15H,4-5,12-14,24H2,1-3H3,(H,25,29,30)/b11-8-. The number of nitrogen functional groups attached to an aromatic ring is 1. The van der Waals surface area contributed by atoms with Gasteiger partial charge in [-0.05, 0) is 42.5 Å². The van der Waals surface area contributed by atoms with Crippen molar-refractivity contribution in [1.29, 1.82) is 0 Å². The second-order valence-electron chi connectivity index (χ2n) is 7.56. The quantitative estimate of drug-likeness (QED) is 0.613. The summed E-state index contributed by atoms with van der Waals surface area (Å²) in [4.78, 5) is 41.3. The second kappa shape index (κ2) is 10.6. The molecular formula is C22H29FN4O3. The van der Waals surface area contributed by atoms with Gasteiger partial charge in [0, 0.05) is 19.2 Å². The molecule has 0 bridgehead atoms. The molecule has 0 aliphatic heterocycles. The lowest BCUT2D eigenvalue weighted by Crippen LogP contribution is -2.41. The summed E-state index contributed by atoms with van der Waals surface area (Å²) in [6, 6.07) is 5.69. The first-order valence-corrected chi connectivity index (χ1v) is 10.1. The molecule has 0 saturated heterocycles. The van der Waals surface area contributed by atoms with Gasteiger partial charge in [0.25, 0.3) is 11.5 Å². The number of aromatic nitrogens is 2. The van der Waals surface area contributed by atoms with Crippen molar-refractivity contribution in [3.63, 3.8) is 0 Å². The van der Waals surface area contributed by atoms with Crippen molar-refractivity contribution in [3.8, 4) is 0 Å². The third-order valence-electron chi connectivity index (χ3n) is 4.70. The van der Waals surface area contributed by atoms with E-state index in [1.807, 2.05) is 20.8 Å². The summed E-state index contributed by atoms with van der Waals surface area (Å²) < 4.78 is 14.4. The Hall–Kier alpha value is -3.16. The molecule has 2 rings (SSSR count). The Bertz CT molecular complexity index is 1010. The van der Waals surface area contributed by atoms with Gasteiger partial charge in [0.15, 0.2) is 5.69 Å². The molecule has 0 aliphatic carbocycles. The van der Waals surface area contributed by atoms with E-state index >= 15 is 0 Å². The Morgan fingerprint density at radius 3 is 2.53 bits per heavy atom. The number of anilines is 2. The highest BCUT2D eigenvalue weighted by Gasteiger charge is 2.23. The van der Waals surface area contributed by atoms with Crippen LogP contribution in [0.5, 0.6) is 0 Å². The summed E-state index contributed by atoms with van der Waals surface area (Å²) in [6.45, 7) is 6.61. The Balaban J connectivity index is 2.45. The summed E-state index contributed by atoms with van der Waals surface area (Å²) in [7, 11) is 0. The zero-order chi connectivity index (χ0) is 22.3. The first kappa shape index (κ1) is 23.1. The molecular weight excluding hydrogens is 387 g/mol. The Kier molecular flexibility index (Phi) is 8.15. The van der Waals surface area contributed by atoms with Gasteiger partial charge in [-0.15, -0.1) is 0 Å². The summed E-state index contributed by atoms with van der Waals surface area (Å²) in [5.41, 5.74) is 5.51. The van der Waals surface area contributed by atoms with Crippen molar-refractivity contribution in [2.75, 3.05) is 17.2 Å². The minimum atomic E-state index is -0.697. The van der Waals surface area contributed by atoms with Gasteiger partial charge < -0.3 is 10.6 Å². The fraction of sp³-hybridized carbons (Fsp3) is 0.409. The fourth-order valence-electron chi connectivity index (χ4n) is 2.93. The highest BCUT2D eigenvalue weighted by molar-refractivity contribution is 6.05. The van der Waals surface area contributed by atoms with Crippen LogP contribution < -0.4 is 21.9 Å². The number of amides is 1. The van der Waals surface area contributed by atoms with Gasteiger partial charge in [-0.3, -0.25) is 19.1 Å². The Labute approximate surface area is 175 Å². The van der Waals surface area contributed by atoms with Crippen molar-refractivity contribution < 1.29 is 9.18 Å². The van der Waals surface area contributed by atoms with Gasteiger partial charge in [-0.2, -0.15) is 0 Å². The van der Waals surface area contributed by atoms with Crippen molar-refractivity contribution in [2.24, 2.45) is 5.92 Å². The lowest BCUT2D eigenvalue weighted by molar-refractivity contribution is -0.114. The number of carbonyl (C=O) groups is 1.